The van der Waals surface area contributed by atoms with Crippen molar-refractivity contribution in [1.29, 1.82) is 0 Å². The molecule has 0 aromatic rings. The van der Waals surface area contributed by atoms with Crippen LogP contribution in [0.2, 0.25) is 0 Å². The zero-order valence-corrected chi connectivity index (χ0v) is 15.6. The number of rotatable bonds is 4. The molecule has 1 amide bonds. The first kappa shape index (κ1) is 17.6. The SMILES string of the molecule is C=C/C=C(\C=C/C)C1=CC(C(=O)N2CCCC3CCCCC32)CS1. The topological polar surface area (TPSA) is 20.3 Å². The lowest BCUT2D eigenvalue weighted by atomic mass is 9.78. The van der Waals surface area contributed by atoms with Crippen LogP contribution in [0.3, 0.4) is 0 Å². The van der Waals surface area contributed by atoms with Crippen molar-refractivity contribution in [3.05, 3.63) is 47.4 Å². The van der Waals surface area contributed by atoms with E-state index in [4.69, 9.17) is 0 Å². The lowest BCUT2D eigenvalue weighted by Crippen LogP contribution is -2.51. The van der Waals surface area contributed by atoms with Gasteiger partial charge in [-0.3, -0.25) is 4.79 Å². The van der Waals surface area contributed by atoms with Crippen LogP contribution in [0.4, 0.5) is 0 Å². The summed E-state index contributed by atoms with van der Waals surface area (Å²) in [5, 5.41) is 0. The Morgan fingerprint density at radius 2 is 2.08 bits per heavy atom. The first-order valence-corrected chi connectivity index (χ1v) is 10.3. The Labute approximate surface area is 150 Å². The number of hydrogen-bond donors (Lipinski definition) is 0. The van der Waals surface area contributed by atoms with Crippen LogP contribution in [0, 0.1) is 11.8 Å². The molecule has 0 bridgehead atoms. The molecule has 2 nitrogen and oxygen atoms in total. The van der Waals surface area contributed by atoms with Gasteiger partial charge in [-0.25, -0.2) is 0 Å². The van der Waals surface area contributed by atoms with Crippen molar-refractivity contribution in [3.8, 4) is 0 Å². The highest BCUT2D eigenvalue weighted by atomic mass is 32.2. The number of amides is 1. The molecule has 0 radical (unpaired) electrons. The standard InChI is InChI=1S/C21H29NOS/c1-3-8-17(9-4-2)20-14-18(15-24-20)21(23)22-13-7-11-16-10-5-6-12-19(16)22/h3-4,8-9,14,16,18-19H,1,5-7,10-13,15H2,2H3/b9-4-,17-8+. The number of nitrogens with zero attached hydrogens (tertiary/aromatic N) is 1. The van der Waals surface area contributed by atoms with Gasteiger partial charge in [-0.05, 0) is 44.1 Å². The van der Waals surface area contributed by atoms with Gasteiger partial charge in [0.15, 0.2) is 0 Å². The van der Waals surface area contributed by atoms with Crippen LogP contribution in [0.1, 0.15) is 45.4 Å². The molecule has 3 heteroatoms. The van der Waals surface area contributed by atoms with Crippen molar-refractivity contribution < 1.29 is 4.79 Å². The quantitative estimate of drug-likeness (QED) is 0.662. The van der Waals surface area contributed by atoms with Gasteiger partial charge in [-0.2, -0.15) is 0 Å². The maximum atomic E-state index is 13.1. The summed E-state index contributed by atoms with van der Waals surface area (Å²) < 4.78 is 0. The van der Waals surface area contributed by atoms with Gasteiger partial charge in [0.2, 0.25) is 5.91 Å². The number of hydrogen-bond acceptors (Lipinski definition) is 2. The van der Waals surface area contributed by atoms with Crippen LogP contribution in [-0.2, 0) is 4.79 Å². The summed E-state index contributed by atoms with van der Waals surface area (Å²) >= 11 is 1.81. The van der Waals surface area contributed by atoms with Gasteiger partial charge < -0.3 is 4.90 Å². The predicted molar refractivity (Wildman–Crippen MR) is 104 cm³/mol. The third kappa shape index (κ3) is 3.72. The predicted octanol–water partition coefficient (Wildman–Crippen LogP) is 5.10. The second kappa shape index (κ2) is 8.24. The largest absolute Gasteiger partial charge is 0.339 e. The third-order valence-electron chi connectivity index (χ3n) is 5.54. The molecule has 1 saturated carbocycles. The maximum Gasteiger partial charge on any atom is 0.230 e. The highest BCUT2D eigenvalue weighted by molar-refractivity contribution is 8.03. The first-order chi connectivity index (χ1) is 11.7. The number of allylic oxidation sites excluding steroid dienone is 5. The number of piperidine rings is 1. The molecular formula is C21H29NOS. The van der Waals surface area contributed by atoms with Crippen molar-refractivity contribution in [3.63, 3.8) is 0 Å². The molecule has 24 heavy (non-hydrogen) atoms. The number of fused-ring (bicyclic) bond motifs is 1. The fraction of sp³-hybridized carbons (Fsp3) is 0.571. The van der Waals surface area contributed by atoms with E-state index in [2.05, 4.69) is 23.6 Å². The van der Waals surface area contributed by atoms with E-state index in [0.717, 1.165) is 18.2 Å². The van der Waals surface area contributed by atoms with E-state index >= 15 is 0 Å². The summed E-state index contributed by atoms with van der Waals surface area (Å²) in [4.78, 5) is 16.6. The maximum absolute atomic E-state index is 13.1. The average Bonchev–Trinajstić information content (AvgIpc) is 3.10. The van der Waals surface area contributed by atoms with Gasteiger partial charge >= 0.3 is 0 Å². The van der Waals surface area contributed by atoms with E-state index in [1.807, 2.05) is 25.2 Å². The third-order valence-corrected chi connectivity index (χ3v) is 6.75. The molecule has 3 aliphatic rings. The van der Waals surface area contributed by atoms with Gasteiger partial charge in [0, 0.05) is 23.2 Å². The van der Waals surface area contributed by atoms with Gasteiger partial charge in [0.25, 0.3) is 0 Å². The molecule has 3 unspecified atom stereocenters. The van der Waals surface area contributed by atoms with E-state index in [0.29, 0.717) is 11.9 Å². The van der Waals surface area contributed by atoms with Crippen molar-refractivity contribution in [1.82, 2.24) is 4.90 Å². The molecule has 2 aliphatic heterocycles. The van der Waals surface area contributed by atoms with E-state index < -0.39 is 0 Å². The normalized spacial score (nSPS) is 31.0. The molecule has 1 saturated heterocycles. The van der Waals surface area contributed by atoms with Crippen LogP contribution >= 0.6 is 11.8 Å². The summed E-state index contributed by atoms with van der Waals surface area (Å²) in [6.45, 7) is 6.80. The molecule has 2 heterocycles. The minimum Gasteiger partial charge on any atom is -0.339 e. The summed E-state index contributed by atoms with van der Waals surface area (Å²) in [6.07, 6.45) is 17.9. The molecule has 2 fully saturated rings. The minimum absolute atomic E-state index is 0.0455. The van der Waals surface area contributed by atoms with Crippen molar-refractivity contribution >= 4 is 17.7 Å². The van der Waals surface area contributed by atoms with E-state index in [9.17, 15) is 4.79 Å². The minimum atomic E-state index is 0.0455. The number of thioether (sulfide) groups is 1. The molecule has 0 aromatic carbocycles. The summed E-state index contributed by atoms with van der Waals surface area (Å²) in [5.74, 6) is 2.05. The number of carbonyl (C=O) groups is 1. The smallest absolute Gasteiger partial charge is 0.230 e. The molecule has 0 aromatic heterocycles. The van der Waals surface area contributed by atoms with Gasteiger partial charge in [-0.15, -0.1) is 11.8 Å². The molecule has 0 N–H and O–H groups in total. The van der Waals surface area contributed by atoms with Crippen LogP contribution in [0.5, 0.6) is 0 Å². The molecular weight excluding hydrogens is 314 g/mol. The van der Waals surface area contributed by atoms with E-state index in [-0.39, 0.29) is 5.92 Å². The Bertz CT molecular complexity index is 572. The zero-order chi connectivity index (χ0) is 16.9. The van der Waals surface area contributed by atoms with Gasteiger partial charge in [0.1, 0.15) is 0 Å². The second-order valence-electron chi connectivity index (χ2n) is 7.09. The lowest BCUT2D eigenvalue weighted by molar-refractivity contribution is -0.139. The van der Waals surface area contributed by atoms with Crippen molar-refractivity contribution in [2.24, 2.45) is 11.8 Å². The highest BCUT2D eigenvalue weighted by Gasteiger charge is 2.38. The Balaban J connectivity index is 1.73. The summed E-state index contributed by atoms with van der Waals surface area (Å²) in [6, 6.07) is 0.515. The Hall–Kier alpha value is -1.22. The van der Waals surface area contributed by atoms with E-state index in [1.54, 1.807) is 11.8 Å². The van der Waals surface area contributed by atoms with Crippen LogP contribution in [-0.4, -0.2) is 29.1 Å². The van der Waals surface area contributed by atoms with Crippen LogP contribution in [0.25, 0.3) is 0 Å². The summed E-state index contributed by atoms with van der Waals surface area (Å²) in [5.41, 5.74) is 1.17. The first-order valence-electron chi connectivity index (χ1n) is 9.35. The second-order valence-corrected chi connectivity index (χ2v) is 8.15. The molecule has 1 aliphatic carbocycles. The number of likely N-dealkylation sites (tertiary alicyclic amines) is 1. The summed E-state index contributed by atoms with van der Waals surface area (Å²) in [7, 11) is 0. The fourth-order valence-corrected chi connectivity index (χ4v) is 5.58. The van der Waals surface area contributed by atoms with Crippen LogP contribution in [0.15, 0.2) is 47.4 Å². The number of carbonyl (C=O) groups excluding carboxylic acids is 1. The average molecular weight is 344 g/mol. The van der Waals surface area contributed by atoms with Crippen molar-refractivity contribution in [2.75, 3.05) is 12.3 Å². The molecule has 3 atom stereocenters. The fourth-order valence-electron chi connectivity index (χ4n) is 4.42. The van der Waals surface area contributed by atoms with Gasteiger partial charge in [-0.1, -0.05) is 49.8 Å². The lowest BCUT2D eigenvalue weighted by Gasteiger charge is -2.44. The Morgan fingerprint density at radius 3 is 2.88 bits per heavy atom. The highest BCUT2D eigenvalue weighted by Crippen LogP contribution is 2.39. The molecule has 130 valence electrons. The van der Waals surface area contributed by atoms with Crippen LogP contribution < -0.4 is 0 Å². The molecule has 0 spiro atoms. The zero-order valence-electron chi connectivity index (χ0n) is 14.7. The van der Waals surface area contributed by atoms with Gasteiger partial charge in [0.05, 0.1) is 5.92 Å². The monoisotopic (exact) mass is 343 g/mol. The van der Waals surface area contributed by atoms with Crippen molar-refractivity contribution in [2.45, 2.75) is 51.5 Å². The Morgan fingerprint density at radius 1 is 1.29 bits per heavy atom. The molecule has 3 rings (SSSR count). The Kier molecular flexibility index (Phi) is 6.04. The van der Waals surface area contributed by atoms with E-state index in [1.165, 1.54) is 49.0 Å².